The van der Waals surface area contributed by atoms with Gasteiger partial charge in [0.25, 0.3) is 0 Å². The minimum absolute atomic E-state index is 0. The van der Waals surface area contributed by atoms with Crippen LogP contribution in [0.2, 0.25) is 0 Å². The van der Waals surface area contributed by atoms with E-state index in [0.717, 1.165) is 0 Å². The Labute approximate surface area is 208 Å². The molecule has 0 aliphatic rings. The number of nitrogens with zero attached hydrogens (tertiary/aromatic N) is 1. The predicted molar refractivity (Wildman–Crippen MR) is 148 cm³/mol. The first-order chi connectivity index (χ1) is 15.4. The van der Waals surface area contributed by atoms with E-state index in [1.165, 1.54) is 147 Å². The van der Waals surface area contributed by atoms with E-state index < -0.39 is 0 Å². The van der Waals surface area contributed by atoms with E-state index in [2.05, 4.69) is 49.1 Å². The molecule has 0 aromatic heterocycles. The molecule has 1 aromatic carbocycles. The molecule has 0 N–H and O–H groups in total. The summed E-state index contributed by atoms with van der Waals surface area (Å²) in [6.07, 6.45) is 27.0. The van der Waals surface area contributed by atoms with Crippen molar-refractivity contribution >= 4 is 12.4 Å². The minimum atomic E-state index is 0. The zero-order valence-electron chi connectivity index (χ0n) is 21.8. The van der Waals surface area contributed by atoms with Crippen LogP contribution in [0.1, 0.15) is 135 Å². The van der Waals surface area contributed by atoms with Gasteiger partial charge in [-0.05, 0) is 57.3 Å². The highest BCUT2D eigenvalue weighted by Gasteiger charge is 2.01. The van der Waals surface area contributed by atoms with E-state index >= 15 is 0 Å². The molecule has 0 amide bonds. The van der Waals surface area contributed by atoms with Crippen molar-refractivity contribution in [3.05, 3.63) is 35.9 Å². The lowest BCUT2D eigenvalue weighted by atomic mass is 10.0. The number of unbranched alkanes of at least 4 members (excludes halogenated alkanes) is 15. The fourth-order valence-electron chi connectivity index (χ4n) is 4.75. The Morgan fingerprint density at radius 1 is 0.469 bits per heavy atom. The maximum absolute atomic E-state index is 2.66. The summed E-state index contributed by atoms with van der Waals surface area (Å²) in [5, 5.41) is 0. The summed E-state index contributed by atoms with van der Waals surface area (Å²) in [4.78, 5) is 2.66. The van der Waals surface area contributed by atoms with Crippen molar-refractivity contribution in [2.24, 2.45) is 0 Å². The highest BCUT2D eigenvalue weighted by Crippen LogP contribution is 2.14. The van der Waals surface area contributed by atoms with Crippen LogP contribution in [-0.2, 0) is 6.42 Å². The average molecular weight is 466 g/mol. The smallest absolute Gasteiger partial charge is 0.00187 e. The van der Waals surface area contributed by atoms with Crippen molar-refractivity contribution in [3.63, 3.8) is 0 Å². The molecule has 2 heteroatoms. The molecule has 0 atom stereocenters. The Kier molecular flexibility index (Phi) is 24.7. The highest BCUT2D eigenvalue weighted by atomic mass is 35.5. The molecular formula is C30H56ClN. The molecular weight excluding hydrogens is 410 g/mol. The van der Waals surface area contributed by atoms with Crippen LogP contribution in [0.4, 0.5) is 0 Å². The van der Waals surface area contributed by atoms with Gasteiger partial charge in [0, 0.05) is 0 Å². The van der Waals surface area contributed by atoms with E-state index in [-0.39, 0.29) is 12.4 Å². The van der Waals surface area contributed by atoms with Crippen LogP contribution < -0.4 is 0 Å². The SMILES string of the molecule is CCCN(CCC)CCCCCCCCCCCCCCCCCCc1ccccc1.Cl. The van der Waals surface area contributed by atoms with Crippen LogP contribution in [-0.4, -0.2) is 24.5 Å². The highest BCUT2D eigenvalue weighted by molar-refractivity contribution is 5.85. The molecule has 1 aromatic rings. The molecule has 1 nitrogen and oxygen atoms in total. The molecule has 1 rings (SSSR count). The van der Waals surface area contributed by atoms with Crippen LogP contribution in [0.3, 0.4) is 0 Å². The van der Waals surface area contributed by atoms with Crippen molar-refractivity contribution in [1.29, 1.82) is 0 Å². The molecule has 0 aliphatic heterocycles. The summed E-state index contributed by atoms with van der Waals surface area (Å²) in [6, 6.07) is 11.0. The Bertz CT molecular complexity index is 455. The van der Waals surface area contributed by atoms with Gasteiger partial charge < -0.3 is 4.90 Å². The number of halogens is 1. The number of hydrogen-bond acceptors (Lipinski definition) is 1. The van der Waals surface area contributed by atoms with Gasteiger partial charge in [-0.25, -0.2) is 0 Å². The van der Waals surface area contributed by atoms with Crippen LogP contribution in [0.25, 0.3) is 0 Å². The van der Waals surface area contributed by atoms with E-state index in [1.807, 2.05) is 0 Å². The lowest BCUT2D eigenvalue weighted by molar-refractivity contribution is 0.267. The van der Waals surface area contributed by atoms with Gasteiger partial charge in [-0.15, -0.1) is 12.4 Å². The Morgan fingerprint density at radius 2 is 0.844 bits per heavy atom. The lowest BCUT2D eigenvalue weighted by Gasteiger charge is -2.20. The maximum Gasteiger partial charge on any atom is -0.00187 e. The Morgan fingerprint density at radius 3 is 1.25 bits per heavy atom. The van der Waals surface area contributed by atoms with Gasteiger partial charge in [0.2, 0.25) is 0 Å². The molecule has 0 heterocycles. The monoisotopic (exact) mass is 465 g/mol. The van der Waals surface area contributed by atoms with Crippen molar-refractivity contribution in [3.8, 4) is 0 Å². The first-order valence-corrected chi connectivity index (χ1v) is 14.1. The van der Waals surface area contributed by atoms with Crippen molar-refractivity contribution in [1.82, 2.24) is 4.90 Å². The van der Waals surface area contributed by atoms with Gasteiger partial charge in [-0.2, -0.15) is 0 Å². The minimum Gasteiger partial charge on any atom is -0.303 e. The Hall–Kier alpha value is -0.530. The molecule has 0 spiro atoms. The zero-order chi connectivity index (χ0) is 22.2. The second kappa shape index (κ2) is 25.1. The summed E-state index contributed by atoms with van der Waals surface area (Å²) in [5.41, 5.74) is 1.50. The molecule has 0 saturated carbocycles. The predicted octanol–water partition coefficient (Wildman–Crippen LogP) is 10.0. The number of benzene rings is 1. The van der Waals surface area contributed by atoms with Gasteiger partial charge in [0.05, 0.1) is 0 Å². The zero-order valence-corrected chi connectivity index (χ0v) is 22.6. The summed E-state index contributed by atoms with van der Waals surface area (Å²) < 4.78 is 0. The van der Waals surface area contributed by atoms with Gasteiger partial charge in [0.15, 0.2) is 0 Å². The van der Waals surface area contributed by atoms with Gasteiger partial charge in [-0.1, -0.05) is 134 Å². The van der Waals surface area contributed by atoms with Crippen LogP contribution in [0.15, 0.2) is 30.3 Å². The summed E-state index contributed by atoms with van der Waals surface area (Å²) in [6.45, 7) is 8.52. The maximum atomic E-state index is 2.66. The standard InChI is InChI=1S/C30H55N.ClH/c1-3-27-31(28-4-2)29-23-18-16-14-12-10-8-6-5-7-9-11-13-15-17-20-24-30-25-21-19-22-26-30;/h19,21-22,25-26H,3-18,20,23-24,27-29H2,1-2H3;1H. The van der Waals surface area contributed by atoms with Crippen molar-refractivity contribution < 1.29 is 0 Å². The van der Waals surface area contributed by atoms with Crippen molar-refractivity contribution in [2.45, 2.75) is 136 Å². The van der Waals surface area contributed by atoms with Crippen LogP contribution in [0, 0.1) is 0 Å². The molecule has 0 unspecified atom stereocenters. The van der Waals surface area contributed by atoms with Gasteiger partial charge in [-0.3, -0.25) is 0 Å². The molecule has 0 bridgehead atoms. The lowest BCUT2D eigenvalue weighted by Crippen LogP contribution is -2.26. The fourth-order valence-corrected chi connectivity index (χ4v) is 4.75. The normalized spacial score (nSPS) is 11.1. The molecule has 0 aliphatic carbocycles. The largest absolute Gasteiger partial charge is 0.303 e. The second-order valence-corrected chi connectivity index (χ2v) is 9.73. The summed E-state index contributed by atoms with van der Waals surface area (Å²) in [5.74, 6) is 0. The third-order valence-electron chi connectivity index (χ3n) is 6.61. The Balaban J connectivity index is 0.00000961. The first-order valence-electron chi connectivity index (χ1n) is 14.1. The third kappa shape index (κ3) is 20.1. The molecule has 0 fully saturated rings. The number of hydrogen-bond donors (Lipinski definition) is 0. The van der Waals surface area contributed by atoms with Crippen LogP contribution >= 0.6 is 12.4 Å². The molecule has 32 heavy (non-hydrogen) atoms. The van der Waals surface area contributed by atoms with Crippen molar-refractivity contribution in [2.75, 3.05) is 19.6 Å². The van der Waals surface area contributed by atoms with E-state index in [0.29, 0.717) is 0 Å². The first kappa shape index (κ1) is 31.5. The fraction of sp³-hybridized carbons (Fsp3) is 0.800. The molecule has 0 radical (unpaired) electrons. The summed E-state index contributed by atoms with van der Waals surface area (Å²) >= 11 is 0. The van der Waals surface area contributed by atoms with E-state index in [4.69, 9.17) is 0 Å². The third-order valence-corrected chi connectivity index (χ3v) is 6.61. The topological polar surface area (TPSA) is 3.24 Å². The molecule has 0 saturated heterocycles. The summed E-state index contributed by atoms with van der Waals surface area (Å²) in [7, 11) is 0. The van der Waals surface area contributed by atoms with Gasteiger partial charge in [0.1, 0.15) is 0 Å². The van der Waals surface area contributed by atoms with E-state index in [9.17, 15) is 0 Å². The van der Waals surface area contributed by atoms with Gasteiger partial charge >= 0.3 is 0 Å². The van der Waals surface area contributed by atoms with E-state index in [1.54, 1.807) is 0 Å². The average Bonchev–Trinajstić information content (AvgIpc) is 2.79. The number of rotatable bonds is 23. The quantitative estimate of drug-likeness (QED) is 0.145. The second-order valence-electron chi connectivity index (χ2n) is 9.73. The molecule has 188 valence electrons. The number of aryl methyl sites for hydroxylation is 1. The van der Waals surface area contributed by atoms with Crippen LogP contribution in [0.5, 0.6) is 0 Å².